The topological polar surface area (TPSA) is 66.0 Å². The van der Waals surface area contributed by atoms with Crippen LogP contribution >= 0.6 is 11.8 Å². The molecule has 1 heterocycles. The van der Waals surface area contributed by atoms with Crippen LogP contribution in [0.5, 0.6) is 0 Å². The molecule has 1 N–H and O–H groups in total. The van der Waals surface area contributed by atoms with E-state index in [4.69, 9.17) is 5.11 Å². The highest BCUT2D eigenvalue weighted by Crippen LogP contribution is 2.34. The molecule has 0 radical (unpaired) electrons. The van der Waals surface area contributed by atoms with Gasteiger partial charge in [-0.2, -0.15) is 5.26 Å². The van der Waals surface area contributed by atoms with Crippen LogP contribution in [-0.2, 0) is 4.79 Å². The first kappa shape index (κ1) is 16.2. The largest absolute Gasteiger partial charge is 0.481 e. The zero-order chi connectivity index (χ0) is 18.1. The second-order valence-corrected chi connectivity index (χ2v) is 6.87. The molecule has 0 aliphatic carbocycles. The number of para-hydroxylation sites is 1. The van der Waals surface area contributed by atoms with Crippen LogP contribution in [0.1, 0.15) is 5.56 Å². The lowest BCUT2D eigenvalue weighted by atomic mass is 10.0. The quantitative estimate of drug-likeness (QED) is 0.531. The predicted octanol–water partition coefficient (Wildman–Crippen LogP) is 4.83. The molecule has 0 fully saturated rings. The Morgan fingerprint density at radius 3 is 2.42 bits per heavy atom. The lowest BCUT2D eigenvalue weighted by Gasteiger charge is -2.10. The molecule has 4 nitrogen and oxygen atoms in total. The van der Waals surface area contributed by atoms with Crippen molar-refractivity contribution < 1.29 is 9.90 Å². The van der Waals surface area contributed by atoms with Gasteiger partial charge in [-0.15, -0.1) is 11.8 Å². The van der Waals surface area contributed by atoms with Crippen molar-refractivity contribution in [3.05, 3.63) is 72.4 Å². The number of hydrogen-bond acceptors (Lipinski definition) is 3. The molecule has 5 heteroatoms. The van der Waals surface area contributed by atoms with Gasteiger partial charge in [-0.05, 0) is 18.2 Å². The van der Waals surface area contributed by atoms with Gasteiger partial charge in [0.2, 0.25) is 0 Å². The van der Waals surface area contributed by atoms with Crippen LogP contribution in [0.2, 0.25) is 0 Å². The maximum atomic E-state index is 11.0. The van der Waals surface area contributed by atoms with E-state index >= 15 is 0 Å². The number of aliphatic carboxylic acids is 1. The summed E-state index contributed by atoms with van der Waals surface area (Å²) in [5.41, 5.74) is 2.62. The number of carboxylic acid groups (broad SMARTS) is 1. The van der Waals surface area contributed by atoms with Gasteiger partial charge in [0.1, 0.15) is 0 Å². The highest BCUT2D eigenvalue weighted by atomic mass is 32.2. The summed E-state index contributed by atoms with van der Waals surface area (Å²) in [4.78, 5) is 11.9. The molecule has 1 aromatic heterocycles. The average Bonchev–Trinajstić information content (AvgIpc) is 3.04. The number of carbonyl (C=O) groups is 1. The van der Waals surface area contributed by atoms with E-state index < -0.39 is 5.97 Å². The van der Waals surface area contributed by atoms with Crippen LogP contribution in [0.15, 0.2) is 71.8 Å². The Balaban J connectivity index is 1.97. The van der Waals surface area contributed by atoms with Gasteiger partial charge in [-0.1, -0.05) is 42.5 Å². The molecule has 0 aliphatic heterocycles. The molecule has 4 aromatic rings. The Labute approximate surface area is 154 Å². The number of hydrogen-bond donors (Lipinski definition) is 1. The fourth-order valence-corrected chi connectivity index (χ4v) is 3.98. The number of nitrogens with zero attached hydrogens (tertiary/aromatic N) is 2. The number of carboxylic acids is 1. The lowest BCUT2D eigenvalue weighted by molar-refractivity contribution is -0.133. The number of thioether (sulfide) groups is 1. The normalized spacial score (nSPS) is 10.9. The summed E-state index contributed by atoms with van der Waals surface area (Å²) in [5.74, 6) is -0.821. The van der Waals surface area contributed by atoms with Gasteiger partial charge in [0.05, 0.1) is 28.6 Å². The molecule has 0 unspecified atom stereocenters. The van der Waals surface area contributed by atoms with Crippen molar-refractivity contribution in [1.82, 2.24) is 4.57 Å². The maximum Gasteiger partial charge on any atom is 0.313 e. The SMILES string of the molecule is N#Cc1ccc(-n2cc(SCC(=O)O)c3ccccc32)c2ccccc12. The summed E-state index contributed by atoms with van der Waals surface area (Å²) < 4.78 is 2.07. The standard InChI is InChI=1S/C21H14N2O2S/c22-11-14-9-10-19(16-6-2-1-5-15(14)16)23-12-20(26-13-21(24)25)17-7-3-4-8-18(17)23/h1-10,12H,13H2,(H,24,25). The summed E-state index contributed by atoms with van der Waals surface area (Å²) in [6.07, 6.45) is 1.98. The molecule has 0 saturated carbocycles. The van der Waals surface area contributed by atoms with Crippen LogP contribution in [-0.4, -0.2) is 21.4 Å². The van der Waals surface area contributed by atoms with Crippen LogP contribution in [0, 0.1) is 11.3 Å². The van der Waals surface area contributed by atoms with Gasteiger partial charge >= 0.3 is 5.97 Å². The third-order valence-corrected chi connectivity index (χ3v) is 5.34. The second kappa shape index (κ2) is 6.58. The zero-order valence-electron chi connectivity index (χ0n) is 13.7. The van der Waals surface area contributed by atoms with E-state index in [1.807, 2.05) is 66.9 Å². The molecule has 0 aliphatic rings. The number of benzene rings is 3. The third kappa shape index (κ3) is 2.71. The van der Waals surface area contributed by atoms with Crippen molar-refractivity contribution in [1.29, 1.82) is 5.26 Å². The first-order valence-electron chi connectivity index (χ1n) is 8.06. The first-order valence-corrected chi connectivity index (χ1v) is 9.04. The van der Waals surface area contributed by atoms with E-state index in [0.717, 1.165) is 32.3 Å². The molecule has 3 aromatic carbocycles. The van der Waals surface area contributed by atoms with E-state index in [1.165, 1.54) is 11.8 Å². The van der Waals surface area contributed by atoms with Crippen molar-refractivity contribution in [2.45, 2.75) is 4.90 Å². The predicted molar refractivity (Wildman–Crippen MR) is 104 cm³/mol. The van der Waals surface area contributed by atoms with Gasteiger partial charge in [-0.25, -0.2) is 0 Å². The minimum absolute atomic E-state index is 0.0160. The minimum Gasteiger partial charge on any atom is -0.481 e. The van der Waals surface area contributed by atoms with E-state index in [-0.39, 0.29) is 5.75 Å². The van der Waals surface area contributed by atoms with Gasteiger partial charge in [0, 0.05) is 27.3 Å². The second-order valence-electron chi connectivity index (χ2n) is 5.85. The molecule has 126 valence electrons. The van der Waals surface area contributed by atoms with Gasteiger partial charge in [0.25, 0.3) is 0 Å². The number of rotatable bonds is 4. The molecule has 0 saturated heterocycles. The molecule has 26 heavy (non-hydrogen) atoms. The van der Waals surface area contributed by atoms with Gasteiger partial charge in [-0.3, -0.25) is 4.79 Å². The Morgan fingerprint density at radius 2 is 1.69 bits per heavy atom. The minimum atomic E-state index is -0.837. The number of nitriles is 1. The van der Waals surface area contributed by atoms with Crippen LogP contribution in [0.25, 0.3) is 27.4 Å². The van der Waals surface area contributed by atoms with Crippen LogP contribution in [0.3, 0.4) is 0 Å². The smallest absolute Gasteiger partial charge is 0.313 e. The summed E-state index contributed by atoms with van der Waals surface area (Å²) in [6, 6.07) is 21.8. The van der Waals surface area contributed by atoms with Crippen molar-refractivity contribution in [2.24, 2.45) is 0 Å². The Bertz CT molecular complexity index is 1190. The first-order chi connectivity index (χ1) is 12.7. The summed E-state index contributed by atoms with van der Waals surface area (Å²) in [7, 11) is 0. The molecular formula is C21H14N2O2S. The van der Waals surface area contributed by atoms with Crippen LogP contribution in [0.4, 0.5) is 0 Å². The van der Waals surface area contributed by atoms with Crippen molar-refractivity contribution in [3.63, 3.8) is 0 Å². The van der Waals surface area contributed by atoms with Gasteiger partial charge in [0.15, 0.2) is 0 Å². The van der Waals surface area contributed by atoms with E-state index in [1.54, 1.807) is 0 Å². The average molecular weight is 358 g/mol. The monoisotopic (exact) mass is 358 g/mol. The highest BCUT2D eigenvalue weighted by molar-refractivity contribution is 8.00. The molecule has 4 rings (SSSR count). The Hall–Kier alpha value is -3.23. The number of fused-ring (bicyclic) bond motifs is 2. The van der Waals surface area contributed by atoms with E-state index in [9.17, 15) is 10.1 Å². The van der Waals surface area contributed by atoms with Crippen molar-refractivity contribution in [2.75, 3.05) is 5.75 Å². The third-order valence-electron chi connectivity index (χ3n) is 4.31. The summed E-state index contributed by atoms with van der Waals surface area (Å²) in [5, 5.41) is 21.3. The molecular weight excluding hydrogens is 344 g/mol. The summed E-state index contributed by atoms with van der Waals surface area (Å²) >= 11 is 1.31. The summed E-state index contributed by atoms with van der Waals surface area (Å²) in [6.45, 7) is 0. The zero-order valence-corrected chi connectivity index (χ0v) is 14.5. The van der Waals surface area contributed by atoms with Gasteiger partial charge < -0.3 is 9.67 Å². The van der Waals surface area contributed by atoms with E-state index in [2.05, 4.69) is 10.6 Å². The molecule has 0 amide bonds. The van der Waals surface area contributed by atoms with Crippen molar-refractivity contribution >= 4 is 39.4 Å². The molecule has 0 atom stereocenters. The van der Waals surface area contributed by atoms with Crippen molar-refractivity contribution in [3.8, 4) is 11.8 Å². The maximum absolute atomic E-state index is 11.0. The lowest BCUT2D eigenvalue weighted by Crippen LogP contribution is -1.97. The Morgan fingerprint density at radius 1 is 1.00 bits per heavy atom. The molecule has 0 bridgehead atoms. The fourth-order valence-electron chi connectivity index (χ4n) is 3.19. The fraction of sp³-hybridized carbons (Fsp3) is 0.0476. The van der Waals surface area contributed by atoms with Crippen LogP contribution < -0.4 is 0 Å². The van der Waals surface area contributed by atoms with E-state index in [0.29, 0.717) is 5.56 Å². The Kier molecular flexibility index (Phi) is 4.11. The highest BCUT2D eigenvalue weighted by Gasteiger charge is 2.14. The number of aromatic nitrogens is 1. The molecule has 0 spiro atoms.